The van der Waals surface area contributed by atoms with E-state index in [9.17, 15) is 0 Å². The average Bonchev–Trinajstić information content (AvgIpc) is 4.01. The number of nitrogens with zero attached hydrogens (tertiary/aromatic N) is 2. The van der Waals surface area contributed by atoms with Crippen molar-refractivity contribution in [2.24, 2.45) is 0 Å². The topological polar surface area (TPSA) is 9.86 Å². The summed E-state index contributed by atoms with van der Waals surface area (Å²) in [5, 5.41) is 7.88. The molecule has 2 nitrogen and oxygen atoms in total. The Bertz CT molecular complexity index is 3930. The Kier molecular flexibility index (Phi) is 8.91. The number of fused-ring (bicyclic) bond motifs is 9. The highest BCUT2D eigenvalue weighted by Crippen LogP contribution is 2.42. The van der Waals surface area contributed by atoms with Crippen molar-refractivity contribution in [3.63, 3.8) is 0 Å². The van der Waals surface area contributed by atoms with Crippen LogP contribution >= 0.6 is 11.3 Å². The van der Waals surface area contributed by atoms with Crippen molar-refractivity contribution in [1.82, 2.24) is 9.13 Å². The van der Waals surface area contributed by atoms with E-state index in [0.717, 1.165) is 0 Å². The van der Waals surface area contributed by atoms with Crippen LogP contribution in [0.1, 0.15) is 0 Å². The van der Waals surface area contributed by atoms with E-state index in [2.05, 4.69) is 228 Å². The second kappa shape index (κ2) is 14.7. The summed E-state index contributed by atoms with van der Waals surface area (Å²) < 4.78 is 7.72. The van der Waals surface area contributed by atoms with Crippen molar-refractivity contribution in [3.8, 4) is 44.8 Å². The van der Waals surface area contributed by atoms with Gasteiger partial charge in [-0.15, -0.1) is 16.8 Å². The molecule has 0 aliphatic heterocycles. The number of aromatic nitrogens is 2. The lowest BCUT2D eigenvalue weighted by atomic mass is 9.64. The van der Waals surface area contributed by atoms with Gasteiger partial charge < -0.3 is 9.13 Å². The lowest BCUT2D eigenvalue weighted by molar-refractivity contribution is 1.19. The Hall–Kier alpha value is -6.75. The number of hydrogen-bond donors (Lipinski definition) is 0. The summed E-state index contributed by atoms with van der Waals surface area (Å²) in [4.78, 5) is 0. The molecule has 0 amide bonds. The van der Waals surface area contributed by atoms with Gasteiger partial charge in [-0.3, -0.25) is 0 Å². The second-order valence-corrected chi connectivity index (χ2v) is 18.9. The molecular formula is C54H41B7N2S. The number of benzene rings is 9. The molecule has 0 atom stereocenters. The molecule has 0 bridgehead atoms. The van der Waals surface area contributed by atoms with Crippen molar-refractivity contribution < 1.29 is 0 Å². The highest BCUT2D eigenvalue weighted by atomic mass is 32.1. The third kappa shape index (κ3) is 5.61. The molecule has 0 radical (unpaired) electrons. The molecule has 0 aliphatic carbocycles. The summed E-state index contributed by atoms with van der Waals surface area (Å²) in [7, 11) is 16.3. The van der Waals surface area contributed by atoms with Crippen LogP contribution in [0.4, 0.5) is 0 Å². The molecule has 0 saturated heterocycles. The van der Waals surface area contributed by atoms with Gasteiger partial charge in [-0.2, -0.15) is 0 Å². The van der Waals surface area contributed by atoms with Gasteiger partial charge in [0.15, 0.2) is 0 Å². The normalized spacial score (nSPS) is 11.9. The molecule has 0 fully saturated rings. The minimum atomic E-state index is 1.18. The number of hydrogen-bond acceptors (Lipinski definition) is 1. The third-order valence-corrected chi connectivity index (χ3v) is 15.8. The van der Waals surface area contributed by atoms with Crippen LogP contribution in [0.25, 0.3) is 109 Å². The van der Waals surface area contributed by atoms with E-state index in [1.807, 2.05) is 11.3 Å². The van der Waals surface area contributed by atoms with Crippen LogP contribution in [0.5, 0.6) is 0 Å². The fraction of sp³-hybridized carbons (Fsp3) is 0. The van der Waals surface area contributed by atoms with Crippen molar-refractivity contribution >= 4 is 168 Å². The molecule has 0 saturated carbocycles. The van der Waals surface area contributed by atoms with Gasteiger partial charge in [-0.25, -0.2) is 0 Å². The zero-order valence-corrected chi connectivity index (χ0v) is 38.2. The van der Waals surface area contributed by atoms with Crippen LogP contribution in [0.2, 0.25) is 0 Å². The van der Waals surface area contributed by atoms with Crippen LogP contribution in [-0.4, -0.2) is 64.1 Å². The predicted octanol–water partition coefficient (Wildman–Crippen LogP) is 3.06. The van der Waals surface area contributed by atoms with Gasteiger partial charge in [0.25, 0.3) is 0 Å². The van der Waals surface area contributed by atoms with Crippen molar-refractivity contribution in [1.29, 1.82) is 0 Å². The number of thiophene rings is 1. The summed E-state index contributed by atoms with van der Waals surface area (Å²) in [6.07, 6.45) is 0. The molecule has 12 rings (SSSR count). The summed E-state index contributed by atoms with van der Waals surface area (Å²) >= 11 is 1.87. The van der Waals surface area contributed by atoms with Crippen LogP contribution in [0.3, 0.4) is 0 Å². The standard InChI is InChI=1S/C54H41B7N2S/c55-46-42(47(56)51(60)53-44(46)45-48(57)49(58)50(59)52(61)54(45)63(53)32-16-9-15-30(25-32)28-11-3-1-4-12-28)31-21-23-38-37(26-31)43-34(29-13-5-2-6-14-29)18-10-19-39(43)62(38)33-22-24-41-36(27-33)35-17-7-8-20-40(35)64-41/h1-27H,55-61H2. The summed E-state index contributed by atoms with van der Waals surface area (Å²) in [6, 6.07) is 60.7. The van der Waals surface area contributed by atoms with E-state index in [1.165, 1.54) is 147 Å². The van der Waals surface area contributed by atoms with E-state index >= 15 is 0 Å². The fourth-order valence-corrected chi connectivity index (χ4v) is 12.2. The Morgan fingerprint density at radius 3 is 1.73 bits per heavy atom. The molecule has 0 spiro atoms. The predicted molar refractivity (Wildman–Crippen MR) is 302 cm³/mol. The molecule has 3 aromatic heterocycles. The average molecular weight is 826 g/mol. The maximum absolute atomic E-state index is 2.58. The fourth-order valence-electron chi connectivity index (χ4n) is 11.1. The van der Waals surface area contributed by atoms with Gasteiger partial charge in [0.1, 0.15) is 54.9 Å². The van der Waals surface area contributed by atoms with Crippen molar-refractivity contribution in [3.05, 3.63) is 164 Å². The molecule has 0 N–H and O–H groups in total. The smallest absolute Gasteiger partial charge is 0.141 e. The van der Waals surface area contributed by atoms with Gasteiger partial charge in [0.05, 0.1) is 11.0 Å². The van der Waals surface area contributed by atoms with E-state index in [0.29, 0.717) is 0 Å². The van der Waals surface area contributed by atoms with Crippen molar-refractivity contribution in [2.75, 3.05) is 0 Å². The lowest BCUT2D eigenvalue weighted by Crippen LogP contribution is -2.48. The third-order valence-electron chi connectivity index (χ3n) is 14.6. The minimum Gasteiger partial charge on any atom is -0.310 e. The Morgan fingerprint density at radius 1 is 0.328 bits per heavy atom. The highest BCUT2D eigenvalue weighted by molar-refractivity contribution is 7.25. The maximum atomic E-state index is 2.58. The quantitative estimate of drug-likeness (QED) is 0.237. The molecule has 294 valence electrons. The molecule has 9 aromatic carbocycles. The van der Waals surface area contributed by atoms with E-state index in [1.54, 1.807) is 0 Å². The molecule has 12 aromatic rings. The van der Waals surface area contributed by atoms with Gasteiger partial charge in [0.2, 0.25) is 0 Å². The van der Waals surface area contributed by atoms with E-state index in [4.69, 9.17) is 0 Å². The lowest BCUT2D eigenvalue weighted by Gasteiger charge is -2.19. The van der Waals surface area contributed by atoms with E-state index in [-0.39, 0.29) is 0 Å². The SMILES string of the molecule is Bc1c(B)c(B)c2c(c1B)c1c(B)c(-c3ccc4c(c3)c3c(-c5ccccc5)cccc3n4-c3ccc4sc5ccccc5c4c3)c(B)c(B)c1n2-c1cccc(-c2ccccc2)c1. The molecule has 10 heteroatoms. The van der Waals surface area contributed by atoms with Crippen LogP contribution in [0.15, 0.2) is 164 Å². The Morgan fingerprint density at radius 2 is 0.953 bits per heavy atom. The van der Waals surface area contributed by atoms with Gasteiger partial charge >= 0.3 is 0 Å². The zero-order chi connectivity index (χ0) is 43.5. The highest BCUT2D eigenvalue weighted by Gasteiger charge is 2.26. The summed E-state index contributed by atoms with van der Waals surface area (Å²) in [5.41, 5.74) is 24.3. The number of rotatable bonds is 5. The first-order chi connectivity index (χ1) is 31.2. The van der Waals surface area contributed by atoms with Crippen LogP contribution in [0, 0.1) is 0 Å². The second-order valence-electron chi connectivity index (χ2n) is 17.9. The van der Waals surface area contributed by atoms with Crippen LogP contribution in [-0.2, 0) is 0 Å². The minimum absolute atomic E-state index is 1.18. The molecule has 3 heterocycles. The van der Waals surface area contributed by atoms with Gasteiger partial charge in [-0.1, -0.05) is 142 Å². The van der Waals surface area contributed by atoms with Crippen molar-refractivity contribution in [2.45, 2.75) is 0 Å². The van der Waals surface area contributed by atoms with Gasteiger partial charge in [0, 0.05) is 58.7 Å². The Balaban J connectivity index is 1.16. The first-order valence-electron chi connectivity index (χ1n) is 22.4. The largest absolute Gasteiger partial charge is 0.310 e. The first kappa shape index (κ1) is 38.9. The summed E-state index contributed by atoms with van der Waals surface area (Å²) in [5.74, 6) is 0. The van der Waals surface area contributed by atoms with Crippen LogP contribution < -0.4 is 38.2 Å². The summed E-state index contributed by atoms with van der Waals surface area (Å²) in [6.45, 7) is 0. The molecule has 64 heavy (non-hydrogen) atoms. The molecule has 0 aliphatic rings. The maximum Gasteiger partial charge on any atom is 0.141 e. The van der Waals surface area contributed by atoms with E-state index < -0.39 is 0 Å². The molecule has 0 unspecified atom stereocenters. The first-order valence-corrected chi connectivity index (χ1v) is 23.3. The molecular weight excluding hydrogens is 784 g/mol. The van der Waals surface area contributed by atoms with Gasteiger partial charge in [-0.05, 0) is 93.4 Å². The monoisotopic (exact) mass is 826 g/mol. The Labute approximate surface area is 383 Å². The zero-order valence-electron chi connectivity index (χ0n) is 37.4.